The largest absolute Gasteiger partial charge is 0.492 e. The highest BCUT2D eigenvalue weighted by atomic mass is 35.5. The molecule has 0 aromatic heterocycles. The molecular weight excluding hydrogens is 469 g/mol. The van der Waals surface area contributed by atoms with Crippen molar-refractivity contribution in [3.05, 3.63) is 58.6 Å². The summed E-state index contributed by atoms with van der Waals surface area (Å²) in [5.74, 6) is 0.0659. The van der Waals surface area contributed by atoms with Crippen molar-refractivity contribution in [3.8, 4) is 5.75 Å². The number of amides is 1. The number of rotatable bonds is 3. The second kappa shape index (κ2) is 8.57. The maximum Gasteiger partial charge on any atom is 0.417 e. The first-order valence-corrected chi connectivity index (χ1v) is 11.8. The molecule has 0 aliphatic carbocycles. The minimum Gasteiger partial charge on any atom is -0.492 e. The van der Waals surface area contributed by atoms with Crippen LogP contribution >= 0.6 is 11.6 Å². The maximum atomic E-state index is 13.3. The SMILES string of the molecule is O=C(C1COc2ccc(Cl)cc2C1)N1CCN(S(=O)(=O)c2ccccc2C(F)(F)F)CC1. The Hall–Kier alpha value is -2.30. The summed E-state index contributed by atoms with van der Waals surface area (Å²) in [6, 6.07) is 9.32. The molecule has 0 radical (unpaired) electrons. The van der Waals surface area contributed by atoms with Gasteiger partial charge in [0.25, 0.3) is 0 Å². The van der Waals surface area contributed by atoms with Gasteiger partial charge in [-0.15, -0.1) is 0 Å². The van der Waals surface area contributed by atoms with Crippen LogP contribution in [0.5, 0.6) is 5.75 Å². The lowest BCUT2D eigenvalue weighted by Crippen LogP contribution is -2.53. The Labute approximate surface area is 188 Å². The predicted molar refractivity (Wildman–Crippen MR) is 111 cm³/mol. The van der Waals surface area contributed by atoms with Gasteiger partial charge in [0.05, 0.1) is 16.4 Å². The van der Waals surface area contributed by atoms with Crippen LogP contribution in [0.1, 0.15) is 11.1 Å². The smallest absolute Gasteiger partial charge is 0.417 e. The number of sulfonamides is 1. The van der Waals surface area contributed by atoms with Crippen LogP contribution in [0.3, 0.4) is 0 Å². The Morgan fingerprint density at radius 3 is 2.44 bits per heavy atom. The van der Waals surface area contributed by atoms with Gasteiger partial charge in [-0.05, 0) is 42.3 Å². The number of nitrogens with zero attached hydrogens (tertiary/aromatic N) is 2. The van der Waals surface area contributed by atoms with Crippen molar-refractivity contribution in [1.82, 2.24) is 9.21 Å². The normalized spacial score (nSPS) is 19.9. The Balaban J connectivity index is 1.44. The van der Waals surface area contributed by atoms with Crippen LogP contribution in [0.2, 0.25) is 5.02 Å². The molecule has 1 atom stereocenters. The minimum atomic E-state index is -4.79. The fourth-order valence-electron chi connectivity index (χ4n) is 3.99. The van der Waals surface area contributed by atoms with Gasteiger partial charge in [-0.2, -0.15) is 17.5 Å². The van der Waals surface area contributed by atoms with Gasteiger partial charge in [0.1, 0.15) is 12.4 Å². The molecule has 6 nitrogen and oxygen atoms in total. The van der Waals surface area contributed by atoms with Crippen LogP contribution in [0.4, 0.5) is 13.2 Å². The Morgan fingerprint density at radius 2 is 1.75 bits per heavy atom. The van der Waals surface area contributed by atoms with E-state index in [4.69, 9.17) is 16.3 Å². The first kappa shape index (κ1) is 22.9. The van der Waals surface area contributed by atoms with Crippen molar-refractivity contribution in [2.45, 2.75) is 17.5 Å². The lowest BCUT2D eigenvalue weighted by molar-refractivity contribution is -0.140. The Bertz CT molecular complexity index is 1130. The van der Waals surface area contributed by atoms with Crippen molar-refractivity contribution in [3.63, 3.8) is 0 Å². The minimum absolute atomic E-state index is 0.0870. The molecule has 1 saturated heterocycles. The topological polar surface area (TPSA) is 66.9 Å². The van der Waals surface area contributed by atoms with Gasteiger partial charge in [-0.1, -0.05) is 23.7 Å². The van der Waals surface area contributed by atoms with Crippen molar-refractivity contribution < 1.29 is 31.1 Å². The zero-order valence-electron chi connectivity index (χ0n) is 16.8. The summed E-state index contributed by atoms with van der Waals surface area (Å²) in [6.45, 7) is 0.202. The highest BCUT2D eigenvalue weighted by Gasteiger charge is 2.40. The standard InChI is InChI=1S/C21H20ClF3N2O4S/c22-16-5-6-18-14(12-16)11-15(13-31-18)20(28)26-7-9-27(10-8-26)32(29,30)19-4-2-1-3-17(19)21(23,24)25/h1-6,12,15H,7-11,13H2. The van der Waals surface area contributed by atoms with E-state index in [1.807, 2.05) is 0 Å². The van der Waals surface area contributed by atoms with Gasteiger partial charge in [0, 0.05) is 31.2 Å². The first-order chi connectivity index (χ1) is 15.1. The molecule has 0 saturated carbocycles. The zero-order valence-corrected chi connectivity index (χ0v) is 18.4. The van der Waals surface area contributed by atoms with Crippen molar-refractivity contribution in [2.75, 3.05) is 32.8 Å². The summed E-state index contributed by atoms with van der Waals surface area (Å²) in [7, 11) is -4.36. The van der Waals surface area contributed by atoms with Crippen molar-refractivity contribution in [1.29, 1.82) is 0 Å². The van der Waals surface area contributed by atoms with E-state index in [1.165, 1.54) is 11.0 Å². The number of hydrogen-bond donors (Lipinski definition) is 0. The number of benzene rings is 2. The molecule has 2 heterocycles. The maximum absolute atomic E-state index is 13.3. The van der Waals surface area contributed by atoms with E-state index < -0.39 is 32.6 Å². The van der Waals surface area contributed by atoms with Crippen LogP contribution < -0.4 is 4.74 Å². The van der Waals surface area contributed by atoms with E-state index in [2.05, 4.69) is 0 Å². The van der Waals surface area contributed by atoms with E-state index in [0.717, 1.165) is 28.1 Å². The summed E-state index contributed by atoms with van der Waals surface area (Å²) in [4.78, 5) is 13.7. The Morgan fingerprint density at radius 1 is 1.06 bits per heavy atom. The molecule has 1 amide bonds. The fraction of sp³-hybridized carbons (Fsp3) is 0.381. The van der Waals surface area contributed by atoms with Gasteiger partial charge in [-0.25, -0.2) is 8.42 Å². The third-order valence-corrected chi connectivity index (χ3v) is 7.83. The summed E-state index contributed by atoms with van der Waals surface area (Å²) in [5, 5.41) is 0.540. The monoisotopic (exact) mass is 488 g/mol. The van der Waals surface area contributed by atoms with E-state index in [1.54, 1.807) is 18.2 Å². The number of alkyl halides is 3. The second-order valence-corrected chi connectivity index (χ2v) is 10.0. The number of carbonyl (C=O) groups excluding carboxylic acids is 1. The second-order valence-electron chi connectivity index (χ2n) is 7.69. The highest BCUT2D eigenvalue weighted by molar-refractivity contribution is 7.89. The summed E-state index contributed by atoms with van der Waals surface area (Å²) in [5.41, 5.74) is -0.373. The molecule has 0 spiro atoms. The van der Waals surface area contributed by atoms with E-state index in [-0.39, 0.29) is 38.7 Å². The van der Waals surface area contributed by atoms with E-state index in [9.17, 15) is 26.4 Å². The zero-order chi connectivity index (χ0) is 23.1. The molecule has 0 bridgehead atoms. The predicted octanol–water partition coefficient (Wildman–Crippen LogP) is 3.44. The third-order valence-electron chi connectivity index (χ3n) is 5.64. The number of halogens is 4. The molecule has 1 unspecified atom stereocenters. The van der Waals surface area contributed by atoms with Crippen molar-refractivity contribution >= 4 is 27.5 Å². The number of ether oxygens (including phenoxy) is 1. The number of fused-ring (bicyclic) bond motifs is 1. The molecule has 1 fully saturated rings. The number of hydrogen-bond acceptors (Lipinski definition) is 4. The fourth-order valence-corrected chi connectivity index (χ4v) is 5.82. The van der Waals surface area contributed by atoms with Gasteiger partial charge < -0.3 is 9.64 Å². The lowest BCUT2D eigenvalue weighted by Gasteiger charge is -2.37. The van der Waals surface area contributed by atoms with Gasteiger partial charge in [-0.3, -0.25) is 4.79 Å². The quantitative estimate of drug-likeness (QED) is 0.664. The number of piperazine rings is 1. The van der Waals surface area contributed by atoms with E-state index >= 15 is 0 Å². The summed E-state index contributed by atoms with van der Waals surface area (Å²) in [6.07, 6.45) is -4.34. The molecular formula is C21H20ClF3N2O4S. The van der Waals surface area contributed by atoms with Gasteiger partial charge in [0.15, 0.2) is 0 Å². The molecule has 11 heteroatoms. The molecule has 2 aliphatic rings. The van der Waals surface area contributed by atoms with Crippen LogP contribution in [0.25, 0.3) is 0 Å². The molecule has 2 aromatic rings. The molecule has 0 N–H and O–H groups in total. The number of carbonyl (C=O) groups is 1. The van der Waals surface area contributed by atoms with Crippen LogP contribution in [-0.4, -0.2) is 56.3 Å². The van der Waals surface area contributed by atoms with Crippen molar-refractivity contribution in [2.24, 2.45) is 5.92 Å². The van der Waals surface area contributed by atoms with E-state index in [0.29, 0.717) is 17.2 Å². The van der Waals surface area contributed by atoms with Crippen LogP contribution in [0.15, 0.2) is 47.4 Å². The molecule has 2 aromatic carbocycles. The van der Waals surface area contributed by atoms with Gasteiger partial charge >= 0.3 is 6.18 Å². The lowest BCUT2D eigenvalue weighted by atomic mass is 9.95. The van der Waals surface area contributed by atoms with Gasteiger partial charge in [0.2, 0.25) is 15.9 Å². The Kier molecular flexibility index (Phi) is 6.12. The summed E-state index contributed by atoms with van der Waals surface area (Å²) >= 11 is 6.02. The van der Waals surface area contributed by atoms with Crippen LogP contribution in [-0.2, 0) is 27.4 Å². The molecule has 4 rings (SSSR count). The summed E-state index contributed by atoms with van der Waals surface area (Å²) < 4.78 is 72.3. The average Bonchev–Trinajstić information content (AvgIpc) is 2.77. The molecule has 2 aliphatic heterocycles. The highest BCUT2D eigenvalue weighted by Crippen LogP contribution is 2.35. The first-order valence-electron chi connectivity index (χ1n) is 9.94. The van der Waals surface area contributed by atoms with Crippen LogP contribution in [0, 0.1) is 5.92 Å². The molecule has 172 valence electrons. The third kappa shape index (κ3) is 4.44. The average molecular weight is 489 g/mol. The molecule has 32 heavy (non-hydrogen) atoms.